The Hall–Kier alpha value is -0.620. The number of sulfonamides is 1. The van der Waals surface area contributed by atoms with E-state index in [0.717, 1.165) is 19.3 Å². The molecule has 0 saturated heterocycles. The Kier molecular flexibility index (Phi) is 6.42. The van der Waals surface area contributed by atoms with E-state index in [1.807, 2.05) is 0 Å². The molecule has 6 heteroatoms. The molecule has 3 rings (SSSR count). The first-order valence-corrected chi connectivity index (χ1v) is 11.3. The fourth-order valence-electron chi connectivity index (χ4n) is 4.38. The number of likely N-dealkylation sites (N-methyl/N-ethyl adjacent to an activating group) is 1. The van der Waals surface area contributed by atoms with Crippen molar-refractivity contribution in [1.29, 1.82) is 0 Å². The molecule has 0 radical (unpaired) electrons. The van der Waals surface area contributed by atoms with E-state index in [2.05, 4.69) is 16.7 Å². The highest BCUT2D eigenvalue weighted by Crippen LogP contribution is 2.30. The summed E-state index contributed by atoms with van der Waals surface area (Å²) in [5.41, 5.74) is 0. The Labute approximate surface area is 157 Å². The minimum Gasteiger partial charge on any atom is -0.299 e. The predicted octanol–water partition coefficient (Wildman–Crippen LogP) is 4.19. The molecule has 2 fully saturated rings. The van der Waals surface area contributed by atoms with Crippen molar-refractivity contribution in [2.75, 3.05) is 7.05 Å². The smallest absolute Gasteiger partial charge is 0.240 e. The molecular weight excluding hydrogens is 356 g/mol. The van der Waals surface area contributed by atoms with Crippen LogP contribution in [0.1, 0.15) is 57.8 Å². The molecule has 0 aromatic heterocycles. The van der Waals surface area contributed by atoms with Gasteiger partial charge in [-0.25, -0.2) is 13.1 Å². The molecule has 4 nitrogen and oxygen atoms in total. The van der Waals surface area contributed by atoms with E-state index in [4.69, 9.17) is 11.6 Å². The number of rotatable bonds is 5. The normalized spacial score (nSPS) is 26.0. The second-order valence-corrected chi connectivity index (χ2v) is 9.64. The van der Waals surface area contributed by atoms with Gasteiger partial charge in [-0.05, 0) is 57.0 Å². The molecule has 1 aromatic rings. The van der Waals surface area contributed by atoms with Crippen LogP contribution in [0.15, 0.2) is 29.2 Å². The molecule has 2 atom stereocenters. The molecule has 0 spiro atoms. The van der Waals surface area contributed by atoms with Gasteiger partial charge in [0.15, 0.2) is 0 Å². The zero-order valence-electron chi connectivity index (χ0n) is 15.0. The van der Waals surface area contributed by atoms with E-state index in [1.54, 1.807) is 24.3 Å². The molecule has 1 N–H and O–H groups in total. The highest BCUT2D eigenvalue weighted by atomic mass is 35.5. The van der Waals surface area contributed by atoms with E-state index in [1.165, 1.54) is 38.5 Å². The molecule has 0 aliphatic heterocycles. The van der Waals surface area contributed by atoms with Gasteiger partial charge in [0, 0.05) is 23.1 Å². The Morgan fingerprint density at radius 3 is 2.24 bits per heavy atom. The lowest BCUT2D eigenvalue weighted by molar-refractivity contribution is 0.0925. The van der Waals surface area contributed by atoms with Crippen molar-refractivity contribution in [3.63, 3.8) is 0 Å². The lowest BCUT2D eigenvalue weighted by atomic mass is 9.86. The van der Waals surface area contributed by atoms with Gasteiger partial charge in [-0.1, -0.05) is 43.7 Å². The molecule has 2 saturated carbocycles. The lowest BCUT2D eigenvalue weighted by Crippen LogP contribution is -2.54. The average Bonchev–Trinajstić information content (AvgIpc) is 2.62. The fraction of sp³-hybridized carbons (Fsp3) is 0.684. The quantitative estimate of drug-likeness (QED) is 0.827. The van der Waals surface area contributed by atoms with Crippen LogP contribution < -0.4 is 4.72 Å². The Morgan fingerprint density at radius 2 is 1.56 bits per heavy atom. The zero-order valence-corrected chi connectivity index (χ0v) is 16.5. The molecule has 0 heterocycles. The Morgan fingerprint density at radius 1 is 0.960 bits per heavy atom. The first-order chi connectivity index (χ1) is 12.0. The number of nitrogens with zero attached hydrogens (tertiary/aromatic N) is 1. The van der Waals surface area contributed by atoms with E-state index in [-0.39, 0.29) is 6.04 Å². The summed E-state index contributed by atoms with van der Waals surface area (Å²) in [5.74, 6) is 0. The van der Waals surface area contributed by atoms with Crippen LogP contribution in [0.25, 0.3) is 0 Å². The molecule has 1 aromatic carbocycles. The Balaban J connectivity index is 1.73. The first-order valence-electron chi connectivity index (χ1n) is 9.47. The van der Waals surface area contributed by atoms with E-state index in [0.29, 0.717) is 22.0 Å². The number of halogens is 1. The standard InChI is InChI=1S/C19H29ClN2O2S/c1-22(16-7-3-2-4-8-16)19-10-6-5-9-18(19)21-25(23,24)17-13-11-15(20)12-14-17/h11-14,16,18-19,21H,2-10H2,1H3/t18-,19-/m0/s1. The summed E-state index contributed by atoms with van der Waals surface area (Å²) < 4.78 is 28.6. The monoisotopic (exact) mass is 384 g/mol. The van der Waals surface area contributed by atoms with Crippen molar-refractivity contribution in [2.45, 2.75) is 80.8 Å². The van der Waals surface area contributed by atoms with Crippen molar-refractivity contribution < 1.29 is 8.42 Å². The van der Waals surface area contributed by atoms with Crippen molar-refractivity contribution in [1.82, 2.24) is 9.62 Å². The molecule has 140 valence electrons. The van der Waals surface area contributed by atoms with Gasteiger partial charge in [-0.2, -0.15) is 0 Å². The van der Waals surface area contributed by atoms with Gasteiger partial charge < -0.3 is 0 Å². The van der Waals surface area contributed by atoms with E-state index >= 15 is 0 Å². The molecule has 0 bridgehead atoms. The summed E-state index contributed by atoms with van der Waals surface area (Å²) in [6.45, 7) is 0. The summed E-state index contributed by atoms with van der Waals surface area (Å²) in [5, 5.41) is 0.548. The van der Waals surface area contributed by atoms with Gasteiger partial charge in [-0.3, -0.25) is 4.90 Å². The van der Waals surface area contributed by atoms with Crippen molar-refractivity contribution in [3.05, 3.63) is 29.3 Å². The summed E-state index contributed by atoms with van der Waals surface area (Å²) in [4.78, 5) is 2.76. The number of hydrogen-bond acceptors (Lipinski definition) is 3. The number of benzene rings is 1. The molecular formula is C19H29ClN2O2S. The van der Waals surface area contributed by atoms with Gasteiger partial charge >= 0.3 is 0 Å². The summed E-state index contributed by atoms with van der Waals surface area (Å²) >= 11 is 5.88. The van der Waals surface area contributed by atoms with Crippen LogP contribution in [0, 0.1) is 0 Å². The van der Waals surface area contributed by atoms with Crippen LogP contribution in [0.4, 0.5) is 0 Å². The van der Waals surface area contributed by atoms with Crippen LogP contribution in [-0.4, -0.2) is 38.5 Å². The van der Waals surface area contributed by atoms with E-state index in [9.17, 15) is 8.42 Å². The lowest BCUT2D eigenvalue weighted by Gasteiger charge is -2.43. The SMILES string of the molecule is CN(C1CCCCC1)[C@H]1CCCC[C@@H]1NS(=O)(=O)c1ccc(Cl)cc1. The van der Waals surface area contributed by atoms with Gasteiger partial charge in [0.1, 0.15) is 0 Å². The maximum atomic E-state index is 12.8. The maximum absolute atomic E-state index is 12.8. The topological polar surface area (TPSA) is 49.4 Å². The van der Waals surface area contributed by atoms with Gasteiger partial charge in [0.25, 0.3) is 0 Å². The van der Waals surface area contributed by atoms with Gasteiger partial charge in [-0.15, -0.1) is 0 Å². The summed E-state index contributed by atoms with van der Waals surface area (Å²) in [6, 6.07) is 7.28. The van der Waals surface area contributed by atoms with Crippen LogP contribution in [0.3, 0.4) is 0 Å². The number of nitrogens with one attached hydrogen (secondary N) is 1. The molecule has 2 aliphatic carbocycles. The highest BCUT2D eigenvalue weighted by Gasteiger charge is 2.34. The third-order valence-corrected chi connectivity index (χ3v) is 7.59. The van der Waals surface area contributed by atoms with Crippen molar-refractivity contribution in [2.24, 2.45) is 0 Å². The summed E-state index contributed by atoms with van der Waals surface area (Å²) in [7, 11) is -1.32. The number of hydrogen-bond donors (Lipinski definition) is 1. The van der Waals surface area contributed by atoms with Crippen molar-refractivity contribution in [3.8, 4) is 0 Å². The summed E-state index contributed by atoms with van der Waals surface area (Å²) in [6.07, 6.45) is 10.7. The van der Waals surface area contributed by atoms with Gasteiger partial charge in [0.05, 0.1) is 4.90 Å². The van der Waals surface area contributed by atoms with Crippen LogP contribution in [0.2, 0.25) is 5.02 Å². The Bertz CT molecular complexity index is 657. The average molecular weight is 385 g/mol. The third-order valence-electron chi connectivity index (χ3n) is 5.83. The highest BCUT2D eigenvalue weighted by molar-refractivity contribution is 7.89. The second kappa shape index (κ2) is 8.38. The molecule has 0 amide bonds. The molecule has 2 aliphatic rings. The van der Waals surface area contributed by atoms with Crippen LogP contribution in [0.5, 0.6) is 0 Å². The fourth-order valence-corrected chi connectivity index (χ4v) is 5.81. The van der Waals surface area contributed by atoms with Gasteiger partial charge in [0.2, 0.25) is 10.0 Å². The first kappa shape index (κ1) is 19.2. The zero-order chi connectivity index (χ0) is 17.9. The van der Waals surface area contributed by atoms with Crippen LogP contribution in [-0.2, 0) is 10.0 Å². The van der Waals surface area contributed by atoms with Crippen molar-refractivity contribution >= 4 is 21.6 Å². The van der Waals surface area contributed by atoms with E-state index < -0.39 is 10.0 Å². The van der Waals surface area contributed by atoms with Crippen LogP contribution >= 0.6 is 11.6 Å². The molecule has 0 unspecified atom stereocenters. The predicted molar refractivity (Wildman–Crippen MR) is 102 cm³/mol. The largest absolute Gasteiger partial charge is 0.299 e. The maximum Gasteiger partial charge on any atom is 0.240 e. The minimum absolute atomic E-state index is 0.0126. The molecule has 25 heavy (non-hydrogen) atoms. The third kappa shape index (κ3) is 4.76. The minimum atomic E-state index is -3.51. The second-order valence-electron chi connectivity index (χ2n) is 7.49.